The molecule has 3 heterocycles. The van der Waals surface area contributed by atoms with Gasteiger partial charge in [0.2, 0.25) is 5.82 Å². The van der Waals surface area contributed by atoms with Crippen LogP contribution in [0.1, 0.15) is 25.7 Å². The molecule has 1 aromatic heterocycles. The minimum atomic E-state index is -3.53. The molecule has 138 valence electrons. The molecule has 0 radical (unpaired) electrons. The molecule has 0 aliphatic carbocycles. The topological polar surface area (TPSA) is 112 Å². The van der Waals surface area contributed by atoms with E-state index >= 15 is 0 Å². The maximum absolute atomic E-state index is 12.0. The molecule has 1 N–H and O–H groups in total. The molecule has 8 nitrogen and oxygen atoms in total. The number of nitrogens with zero attached hydrogens (tertiary/aromatic N) is 3. The van der Waals surface area contributed by atoms with Crippen molar-refractivity contribution in [3.63, 3.8) is 0 Å². The Morgan fingerprint density at radius 2 is 1.76 bits per heavy atom. The Hall–Kier alpha value is -1.58. The van der Waals surface area contributed by atoms with E-state index in [-0.39, 0.29) is 10.8 Å². The predicted octanol–water partition coefficient (Wildman–Crippen LogP) is -0.0597. The lowest BCUT2D eigenvalue weighted by molar-refractivity contribution is -0.265. The Morgan fingerprint density at radius 3 is 2.32 bits per heavy atom. The number of likely N-dealkylation sites (tertiary alicyclic amines) is 1. The largest absolute Gasteiger partial charge is 0.498 e. The monoisotopic (exact) mass is 368 g/mol. The second-order valence-electron chi connectivity index (χ2n) is 7.09. The van der Waals surface area contributed by atoms with Crippen molar-refractivity contribution in [3.8, 4) is 0 Å². The summed E-state index contributed by atoms with van der Waals surface area (Å²) < 4.78 is 23.0. The summed E-state index contributed by atoms with van der Waals surface area (Å²) >= 11 is 0. The standard InChI is InChI=1S/C16H24N4O4S/c1-25(23,24)15-10-14(18-11-19-15)20(16(21)22)8-4-13(5-9-20)12-2-6-17-7-3-12/h10-13,17H,2-9H2,1H3. The summed E-state index contributed by atoms with van der Waals surface area (Å²) in [6.07, 6.45) is 4.73. The molecule has 0 atom stereocenters. The quantitative estimate of drug-likeness (QED) is 0.587. The van der Waals surface area contributed by atoms with Crippen LogP contribution in [0.15, 0.2) is 17.4 Å². The zero-order chi connectivity index (χ0) is 18.1. The molecular weight excluding hydrogens is 344 g/mol. The molecule has 2 fully saturated rings. The zero-order valence-corrected chi connectivity index (χ0v) is 15.2. The molecule has 0 aromatic carbocycles. The lowest BCUT2D eigenvalue weighted by Crippen LogP contribution is -2.64. The van der Waals surface area contributed by atoms with Crippen molar-refractivity contribution in [2.75, 3.05) is 32.4 Å². The van der Waals surface area contributed by atoms with Gasteiger partial charge >= 0.3 is 0 Å². The molecule has 1 amide bonds. The first-order valence-electron chi connectivity index (χ1n) is 8.65. The number of nitrogens with one attached hydrogen (secondary N) is 1. The van der Waals surface area contributed by atoms with Crippen LogP contribution in [0.3, 0.4) is 0 Å². The number of carbonyl (C=O) groups excluding carboxylic acids is 1. The van der Waals surface area contributed by atoms with Crippen LogP contribution in [-0.4, -0.2) is 56.9 Å². The van der Waals surface area contributed by atoms with Gasteiger partial charge in [0.25, 0.3) is 6.09 Å². The second-order valence-corrected chi connectivity index (χ2v) is 9.06. The molecule has 2 saturated heterocycles. The van der Waals surface area contributed by atoms with Crippen LogP contribution in [0.25, 0.3) is 0 Å². The van der Waals surface area contributed by atoms with E-state index in [0.717, 1.165) is 51.4 Å². The summed E-state index contributed by atoms with van der Waals surface area (Å²) in [5.41, 5.74) is 0. The first-order valence-corrected chi connectivity index (χ1v) is 10.5. The number of sulfone groups is 1. The fourth-order valence-corrected chi connectivity index (χ4v) is 4.65. The Kier molecular flexibility index (Phi) is 5.08. The number of rotatable bonds is 3. The van der Waals surface area contributed by atoms with E-state index in [9.17, 15) is 18.3 Å². The fraction of sp³-hybridized carbons (Fsp3) is 0.688. The average Bonchev–Trinajstić information content (AvgIpc) is 2.62. The highest BCUT2D eigenvalue weighted by atomic mass is 32.2. The van der Waals surface area contributed by atoms with Crippen molar-refractivity contribution in [2.45, 2.75) is 30.7 Å². The SMILES string of the molecule is CS(=O)(=O)c1cc([N+]2(C(=O)[O-])CCC(C3CCNCC3)CC2)ncn1. The van der Waals surface area contributed by atoms with Gasteiger partial charge in [0.15, 0.2) is 14.9 Å². The second kappa shape index (κ2) is 6.97. The number of carboxylic acid groups (broad SMARTS) is 1. The number of hydrogen-bond donors (Lipinski definition) is 1. The van der Waals surface area contributed by atoms with Crippen LogP contribution in [0, 0.1) is 11.8 Å². The van der Waals surface area contributed by atoms with Crippen LogP contribution in [0.5, 0.6) is 0 Å². The lowest BCUT2D eigenvalue weighted by Gasteiger charge is -2.43. The number of aromatic nitrogens is 2. The summed E-state index contributed by atoms with van der Waals surface area (Å²) in [6.45, 7) is 2.78. The van der Waals surface area contributed by atoms with E-state index < -0.39 is 20.4 Å². The summed E-state index contributed by atoms with van der Waals surface area (Å²) in [6, 6.07) is 1.27. The highest BCUT2D eigenvalue weighted by Gasteiger charge is 2.42. The highest BCUT2D eigenvalue weighted by molar-refractivity contribution is 7.90. The van der Waals surface area contributed by atoms with Gasteiger partial charge in [-0.05, 0) is 37.8 Å². The van der Waals surface area contributed by atoms with Gasteiger partial charge in [0, 0.05) is 19.1 Å². The lowest BCUT2D eigenvalue weighted by atomic mass is 9.78. The van der Waals surface area contributed by atoms with Gasteiger partial charge in [-0.2, -0.15) is 4.98 Å². The minimum Gasteiger partial charge on any atom is -0.498 e. The third-order valence-corrected chi connectivity index (χ3v) is 6.59. The van der Waals surface area contributed by atoms with Crippen molar-refractivity contribution < 1.29 is 18.3 Å². The number of piperidine rings is 2. The van der Waals surface area contributed by atoms with E-state index in [2.05, 4.69) is 15.3 Å². The fourth-order valence-electron chi connectivity index (χ4n) is 4.09. The maximum Gasteiger partial charge on any atom is 0.264 e. The molecule has 0 bridgehead atoms. The molecule has 0 saturated carbocycles. The van der Waals surface area contributed by atoms with E-state index in [1.165, 1.54) is 6.07 Å². The molecule has 25 heavy (non-hydrogen) atoms. The number of quaternary nitrogens is 1. The molecule has 1 aromatic rings. The molecule has 3 rings (SSSR count). The van der Waals surface area contributed by atoms with Gasteiger partial charge in [-0.1, -0.05) is 0 Å². The van der Waals surface area contributed by atoms with Gasteiger partial charge in [0.05, 0.1) is 19.2 Å². The van der Waals surface area contributed by atoms with Crippen molar-refractivity contribution in [2.24, 2.45) is 11.8 Å². The number of amides is 1. The van der Waals surface area contributed by atoms with Gasteiger partial charge in [-0.15, -0.1) is 0 Å². The molecule has 0 spiro atoms. The summed E-state index contributed by atoms with van der Waals surface area (Å²) in [5, 5.41) is 15.2. The van der Waals surface area contributed by atoms with Crippen LogP contribution in [0.4, 0.5) is 10.6 Å². The van der Waals surface area contributed by atoms with Gasteiger partial charge in [-0.3, -0.25) is 0 Å². The first kappa shape index (κ1) is 18.2. The van der Waals surface area contributed by atoms with E-state index in [4.69, 9.17) is 0 Å². The molecule has 2 aliphatic heterocycles. The molecule has 2 aliphatic rings. The Labute approximate surface area is 147 Å². The molecule has 9 heteroatoms. The maximum atomic E-state index is 12.0. The molecular formula is C16H24N4O4S. The normalized spacial score (nSPS) is 28.6. The van der Waals surface area contributed by atoms with Gasteiger partial charge < -0.3 is 15.2 Å². The Balaban J connectivity index is 1.83. The summed E-state index contributed by atoms with van der Waals surface area (Å²) in [5.74, 6) is 1.32. The average molecular weight is 368 g/mol. The zero-order valence-electron chi connectivity index (χ0n) is 14.3. The summed E-state index contributed by atoms with van der Waals surface area (Å²) in [4.78, 5) is 19.8. The van der Waals surface area contributed by atoms with E-state index in [0.29, 0.717) is 24.9 Å². The van der Waals surface area contributed by atoms with E-state index in [1.54, 1.807) is 0 Å². The summed E-state index contributed by atoms with van der Waals surface area (Å²) in [7, 11) is -3.53. The van der Waals surface area contributed by atoms with Crippen molar-refractivity contribution >= 4 is 21.7 Å². The van der Waals surface area contributed by atoms with Crippen LogP contribution in [-0.2, 0) is 9.84 Å². The molecule has 0 unspecified atom stereocenters. The highest BCUT2D eigenvalue weighted by Crippen LogP contribution is 2.36. The van der Waals surface area contributed by atoms with Crippen LogP contribution in [0.2, 0.25) is 0 Å². The van der Waals surface area contributed by atoms with Gasteiger partial charge in [0.1, 0.15) is 6.33 Å². The van der Waals surface area contributed by atoms with Crippen LogP contribution < -0.4 is 14.9 Å². The Morgan fingerprint density at radius 1 is 1.16 bits per heavy atom. The van der Waals surface area contributed by atoms with Gasteiger partial charge in [-0.25, -0.2) is 17.9 Å². The van der Waals surface area contributed by atoms with Crippen molar-refractivity contribution in [1.82, 2.24) is 19.8 Å². The number of carbonyl (C=O) groups is 1. The Bertz CT molecular complexity index is 738. The predicted molar refractivity (Wildman–Crippen MR) is 90.4 cm³/mol. The first-order chi connectivity index (χ1) is 11.8. The number of hydrogen-bond acceptors (Lipinski definition) is 7. The minimum absolute atomic E-state index is 0.156. The van der Waals surface area contributed by atoms with E-state index in [1.807, 2.05) is 0 Å². The smallest absolute Gasteiger partial charge is 0.264 e. The van der Waals surface area contributed by atoms with Crippen LogP contribution >= 0.6 is 0 Å². The third-order valence-electron chi connectivity index (χ3n) is 5.61. The third kappa shape index (κ3) is 3.68. The van der Waals surface area contributed by atoms with Crippen molar-refractivity contribution in [3.05, 3.63) is 12.4 Å². The van der Waals surface area contributed by atoms with Crippen molar-refractivity contribution in [1.29, 1.82) is 0 Å².